The Bertz CT molecular complexity index is 873. The van der Waals surface area contributed by atoms with Gasteiger partial charge in [-0.3, -0.25) is 0 Å². The van der Waals surface area contributed by atoms with E-state index in [2.05, 4.69) is 0 Å². The first-order valence-corrected chi connectivity index (χ1v) is 7.25. The fourth-order valence-electron chi connectivity index (χ4n) is 3.37. The SMILES string of the molecule is O[C@H]1[C@H](O)[C@@H](O)c2c(ccc3cc4ccccc4cc23)[C@H]1O. The summed E-state index contributed by atoms with van der Waals surface area (Å²) < 4.78 is 0. The van der Waals surface area contributed by atoms with Crippen LogP contribution in [-0.2, 0) is 0 Å². The fraction of sp³-hybridized carbons (Fsp3) is 0.222. The summed E-state index contributed by atoms with van der Waals surface area (Å²) in [6.07, 6.45) is -5.22. The Balaban J connectivity index is 2.08. The topological polar surface area (TPSA) is 80.9 Å². The Kier molecular flexibility index (Phi) is 2.96. The molecule has 4 heteroatoms. The smallest absolute Gasteiger partial charge is 0.113 e. The van der Waals surface area contributed by atoms with Gasteiger partial charge in [0.2, 0.25) is 0 Å². The van der Waals surface area contributed by atoms with E-state index in [1.54, 1.807) is 6.07 Å². The zero-order valence-electron chi connectivity index (χ0n) is 11.7. The van der Waals surface area contributed by atoms with Crippen LogP contribution < -0.4 is 0 Å². The second kappa shape index (κ2) is 4.76. The fourth-order valence-corrected chi connectivity index (χ4v) is 3.37. The van der Waals surface area contributed by atoms with Gasteiger partial charge in [0.05, 0.1) is 0 Å². The predicted molar refractivity (Wildman–Crippen MR) is 83.4 cm³/mol. The van der Waals surface area contributed by atoms with Crippen LogP contribution in [0.2, 0.25) is 0 Å². The molecule has 0 fully saturated rings. The Hall–Kier alpha value is -1.98. The van der Waals surface area contributed by atoms with Crippen molar-refractivity contribution in [2.45, 2.75) is 24.4 Å². The molecule has 0 aliphatic heterocycles. The zero-order chi connectivity index (χ0) is 15.4. The van der Waals surface area contributed by atoms with Crippen molar-refractivity contribution in [3.05, 3.63) is 59.7 Å². The van der Waals surface area contributed by atoms with E-state index >= 15 is 0 Å². The van der Waals surface area contributed by atoms with Crippen molar-refractivity contribution in [1.82, 2.24) is 0 Å². The first-order valence-electron chi connectivity index (χ1n) is 7.25. The van der Waals surface area contributed by atoms with Crippen LogP contribution in [0.1, 0.15) is 23.3 Å². The summed E-state index contributed by atoms with van der Waals surface area (Å²) >= 11 is 0. The highest BCUT2D eigenvalue weighted by molar-refractivity contribution is 6.00. The highest BCUT2D eigenvalue weighted by Crippen LogP contribution is 2.41. The van der Waals surface area contributed by atoms with Gasteiger partial charge < -0.3 is 20.4 Å². The zero-order valence-corrected chi connectivity index (χ0v) is 11.7. The van der Waals surface area contributed by atoms with Crippen LogP contribution in [0.5, 0.6) is 0 Å². The molecule has 0 unspecified atom stereocenters. The van der Waals surface area contributed by atoms with Crippen molar-refractivity contribution in [3.8, 4) is 0 Å². The molecule has 0 aromatic heterocycles. The number of aliphatic hydroxyl groups is 4. The van der Waals surface area contributed by atoms with Crippen LogP contribution in [-0.4, -0.2) is 32.6 Å². The molecule has 0 heterocycles. The molecule has 3 aromatic carbocycles. The van der Waals surface area contributed by atoms with E-state index in [1.807, 2.05) is 42.5 Å². The van der Waals surface area contributed by atoms with E-state index in [0.717, 1.165) is 21.5 Å². The van der Waals surface area contributed by atoms with Crippen LogP contribution >= 0.6 is 0 Å². The molecule has 22 heavy (non-hydrogen) atoms. The van der Waals surface area contributed by atoms with Crippen LogP contribution in [0.3, 0.4) is 0 Å². The number of benzene rings is 3. The molecule has 0 radical (unpaired) electrons. The van der Waals surface area contributed by atoms with Gasteiger partial charge in [-0.25, -0.2) is 0 Å². The van der Waals surface area contributed by atoms with Crippen LogP contribution in [0.25, 0.3) is 21.5 Å². The normalized spacial score (nSPS) is 28.0. The average Bonchev–Trinajstić information content (AvgIpc) is 2.55. The largest absolute Gasteiger partial charge is 0.387 e. The number of fused-ring (bicyclic) bond motifs is 4. The Morgan fingerprint density at radius 1 is 0.636 bits per heavy atom. The van der Waals surface area contributed by atoms with E-state index < -0.39 is 24.4 Å². The van der Waals surface area contributed by atoms with Crippen molar-refractivity contribution in [2.75, 3.05) is 0 Å². The maximum Gasteiger partial charge on any atom is 0.113 e. The lowest BCUT2D eigenvalue weighted by molar-refractivity contribution is -0.119. The quantitative estimate of drug-likeness (QED) is 0.477. The first-order chi connectivity index (χ1) is 10.6. The molecule has 0 amide bonds. The lowest BCUT2D eigenvalue weighted by Gasteiger charge is -2.35. The van der Waals surface area contributed by atoms with E-state index in [-0.39, 0.29) is 0 Å². The summed E-state index contributed by atoms with van der Waals surface area (Å²) in [6, 6.07) is 15.4. The van der Waals surface area contributed by atoms with Crippen LogP contribution in [0.15, 0.2) is 48.5 Å². The molecule has 4 atom stereocenters. The maximum absolute atomic E-state index is 10.4. The number of hydrogen-bond acceptors (Lipinski definition) is 4. The lowest BCUT2D eigenvalue weighted by Crippen LogP contribution is -2.41. The number of aliphatic hydroxyl groups excluding tert-OH is 4. The van der Waals surface area contributed by atoms with Gasteiger partial charge in [0.15, 0.2) is 0 Å². The van der Waals surface area contributed by atoms with E-state index in [0.29, 0.717) is 11.1 Å². The molecule has 4 N–H and O–H groups in total. The van der Waals surface area contributed by atoms with Gasteiger partial charge in [-0.15, -0.1) is 0 Å². The molecule has 4 rings (SSSR count). The number of hydrogen-bond donors (Lipinski definition) is 4. The van der Waals surface area contributed by atoms with Gasteiger partial charge in [-0.2, -0.15) is 0 Å². The molecule has 1 aliphatic carbocycles. The minimum Gasteiger partial charge on any atom is -0.387 e. The maximum atomic E-state index is 10.4. The van der Waals surface area contributed by atoms with Crippen LogP contribution in [0, 0.1) is 0 Å². The first kappa shape index (κ1) is 13.7. The van der Waals surface area contributed by atoms with E-state index in [4.69, 9.17) is 0 Å². The highest BCUT2D eigenvalue weighted by Gasteiger charge is 2.40. The standard InChI is InChI=1S/C18H16O4/c19-15-12-6-5-11-7-9-3-1-2-4-10(9)8-13(11)14(12)16(20)18(22)17(15)21/h1-8,15-22H/t15-,16+,17-,18-/m1/s1. The summed E-state index contributed by atoms with van der Waals surface area (Å²) in [6.45, 7) is 0. The Morgan fingerprint density at radius 2 is 1.27 bits per heavy atom. The molecular formula is C18H16O4. The summed E-state index contributed by atoms with van der Waals surface area (Å²) in [5.41, 5.74) is 0.960. The van der Waals surface area contributed by atoms with Gasteiger partial charge in [-0.05, 0) is 44.8 Å². The minimum atomic E-state index is -1.40. The molecular weight excluding hydrogens is 280 g/mol. The Labute approximate surface area is 126 Å². The van der Waals surface area contributed by atoms with Gasteiger partial charge >= 0.3 is 0 Å². The molecule has 112 valence electrons. The van der Waals surface area contributed by atoms with Gasteiger partial charge in [0.1, 0.15) is 24.4 Å². The average molecular weight is 296 g/mol. The molecule has 0 saturated heterocycles. The third-order valence-corrected chi connectivity index (χ3v) is 4.57. The summed E-state index contributed by atoms with van der Waals surface area (Å²) in [7, 11) is 0. The number of rotatable bonds is 0. The van der Waals surface area contributed by atoms with Crippen molar-refractivity contribution in [1.29, 1.82) is 0 Å². The molecule has 0 bridgehead atoms. The third kappa shape index (κ3) is 1.79. The second-order valence-electron chi connectivity index (χ2n) is 5.86. The van der Waals surface area contributed by atoms with E-state index in [9.17, 15) is 20.4 Å². The van der Waals surface area contributed by atoms with Gasteiger partial charge in [0, 0.05) is 0 Å². The lowest BCUT2D eigenvalue weighted by atomic mass is 9.80. The monoisotopic (exact) mass is 296 g/mol. The molecule has 0 spiro atoms. The molecule has 1 aliphatic rings. The highest BCUT2D eigenvalue weighted by atomic mass is 16.4. The van der Waals surface area contributed by atoms with E-state index in [1.165, 1.54) is 0 Å². The summed E-state index contributed by atoms with van der Waals surface area (Å²) in [4.78, 5) is 0. The molecule has 3 aromatic rings. The van der Waals surface area contributed by atoms with Crippen molar-refractivity contribution in [3.63, 3.8) is 0 Å². The van der Waals surface area contributed by atoms with Gasteiger partial charge in [-0.1, -0.05) is 36.4 Å². The minimum absolute atomic E-state index is 0.466. The third-order valence-electron chi connectivity index (χ3n) is 4.57. The van der Waals surface area contributed by atoms with Crippen LogP contribution in [0.4, 0.5) is 0 Å². The van der Waals surface area contributed by atoms with Crippen molar-refractivity contribution in [2.24, 2.45) is 0 Å². The van der Waals surface area contributed by atoms with Crippen molar-refractivity contribution < 1.29 is 20.4 Å². The molecule has 4 nitrogen and oxygen atoms in total. The van der Waals surface area contributed by atoms with Gasteiger partial charge in [0.25, 0.3) is 0 Å². The molecule has 0 saturated carbocycles. The Morgan fingerprint density at radius 3 is 2.00 bits per heavy atom. The summed E-state index contributed by atoms with van der Waals surface area (Å²) in [5.74, 6) is 0. The second-order valence-corrected chi connectivity index (χ2v) is 5.86. The summed E-state index contributed by atoms with van der Waals surface area (Å²) in [5, 5.41) is 44.2. The van der Waals surface area contributed by atoms with Crippen molar-refractivity contribution >= 4 is 21.5 Å². The predicted octanol–water partition coefficient (Wildman–Crippen LogP) is 1.80.